The van der Waals surface area contributed by atoms with E-state index in [1.165, 1.54) is 0 Å². The predicted octanol–water partition coefficient (Wildman–Crippen LogP) is 4.81. The van der Waals surface area contributed by atoms with Crippen LogP contribution in [0.5, 0.6) is 0 Å². The summed E-state index contributed by atoms with van der Waals surface area (Å²) >= 11 is 0. The lowest BCUT2D eigenvalue weighted by atomic mass is 9.96. The molecule has 1 aliphatic carbocycles. The van der Waals surface area contributed by atoms with E-state index in [4.69, 9.17) is 4.74 Å². The number of aliphatic hydroxyl groups is 1. The van der Waals surface area contributed by atoms with Crippen LogP contribution in [0.3, 0.4) is 0 Å². The standard InChI is InChI=1S/C27H31NO5S/c1-16(2)15-23(29)18(4)27(30)33-26-22-10-6-8-19-7-5-9-21(24(19)22)25(26)28-34(31,32)20-13-11-17(3)12-14-20/h5-14,16,18,23,25-26,28-29H,15H2,1-4H3/t18-,23-,25-,26+/m1/s1. The van der Waals surface area contributed by atoms with Gasteiger partial charge in [0.05, 0.1) is 23.0 Å². The Balaban J connectivity index is 1.69. The minimum Gasteiger partial charge on any atom is -0.455 e. The molecule has 6 nitrogen and oxygen atoms in total. The fourth-order valence-corrected chi connectivity index (χ4v) is 5.74. The monoisotopic (exact) mass is 481 g/mol. The minimum atomic E-state index is -3.89. The van der Waals surface area contributed by atoms with Crippen LogP contribution in [0.4, 0.5) is 0 Å². The molecule has 180 valence electrons. The first-order valence-electron chi connectivity index (χ1n) is 11.6. The maximum atomic E-state index is 13.3. The highest BCUT2D eigenvalue weighted by Gasteiger charge is 2.41. The molecule has 0 amide bonds. The molecule has 0 saturated heterocycles. The van der Waals surface area contributed by atoms with Crippen LogP contribution in [0, 0.1) is 18.8 Å². The summed E-state index contributed by atoms with van der Waals surface area (Å²) in [5, 5.41) is 12.3. The van der Waals surface area contributed by atoms with Gasteiger partial charge in [0.2, 0.25) is 10.0 Å². The van der Waals surface area contributed by atoms with Gasteiger partial charge in [0.25, 0.3) is 0 Å². The van der Waals surface area contributed by atoms with E-state index in [1.807, 2.05) is 57.2 Å². The van der Waals surface area contributed by atoms with Gasteiger partial charge in [-0.3, -0.25) is 4.79 Å². The highest BCUT2D eigenvalue weighted by molar-refractivity contribution is 7.89. The molecular formula is C27H31NO5S. The first kappa shape index (κ1) is 24.4. The third-order valence-electron chi connectivity index (χ3n) is 6.43. The van der Waals surface area contributed by atoms with Gasteiger partial charge in [-0.25, -0.2) is 8.42 Å². The lowest BCUT2D eigenvalue weighted by Gasteiger charge is -2.26. The van der Waals surface area contributed by atoms with E-state index in [2.05, 4.69) is 4.72 Å². The molecule has 0 unspecified atom stereocenters. The number of aliphatic hydroxyl groups excluding tert-OH is 1. The number of aryl methyl sites for hydroxylation is 1. The van der Waals surface area contributed by atoms with Crippen molar-refractivity contribution in [1.29, 1.82) is 0 Å². The summed E-state index contributed by atoms with van der Waals surface area (Å²) in [4.78, 5) is 13.2. The van der Waals surface area contributed by atoms with E-state index >= 15 is 0 Å². The largest absolute Gasteiger partial charge is 0.455 e. The van der Waals surface area contributed by atoms with Crippen molar-refractivity contribution in [3.05, 3.63) is 77.4 Å². The van der Waals surface area contributed by atoms with E-state index in [1.54, 1.807) is 31.2 Å². The zero-order valence-electron chi connectivity index (χ0n) is 19.9. The van der Waals surface area contributed by atoms with Gasteiger partial charge in [0, 0.05) is 5.56 Å². The van der Waals surface area contributed by atoms with Crippen molar-refractivity contribution < 1.29 is 23.1 Å². The first-order valence-corrected chi connectivity index (χ1v) is 13.1. The Morgan fingerprint density at radius 3 is 2.24 bits per heavy atom. The minimum absolute atomic E-state index is 0.145. The molecule has 0 saturated carbocycles. The fourth-order valence-electron chi connectivity index (χ4n) is 4.52. The van der Waals surface area contributed by atoms with Gasteiger partial charge in [0.1, 0.15) is 6.10 Å². The molecule has 3 aromatic carbocycles. The van der Waals surface area contributed by atoms with Crippen molar-refractivity contribution in [2.45, 2.75) is 57.3 Å². The van der Waals surface area contributed by atoms with Crippen LogP contribution in [0.2, 0.25) is 0 Å². The van der Waals surface area contributed by atoms with Crippen molar-refractivity contribution in [2.24, 2.45) is 11.8 Å². The van der Waals surface area contributed by atoms with Crippen LogP contribution in [0.15, 0.2) is 65.6 Å². The Morgan fingerprint density at radius 2 is 1.62 bits per heavy atom. The number of sulfonamides is 1. The molecule has 2 N–H and O–H groups in total. The molecule has 0 spiro atoms. The summed E-state index contributed by atoms with van der Waals surface area (Å²) < 4.78 is 35.3. The highest BCUT2D eigenvalue weighted by atomic mass is 32.2. The maximum Gasteiger partial charge on any atom is 0.311 e. The summed E-state index contributed by atoms with van der Waals surface area (Å²) in [6, 6.07) is 17.2. The number of hydrogen-bond acceptors (Lipinski definition) is 5. The molecule has 1 aliphatic rings. The van der Waals surface area contributed by atoms with Gasteiger partial charge in [-0.05, 0) is 54.7 Å². The second kappa shape index (κ2) is 9.49. The number of carbonyl (C=O) groups excluding carboxylic acids is 1. The lowest BCUT2D eigenvalue weighted by molar-refractivity contribution is -0.159. The Labute approximate surface area is 201 Å². The summed E-state index contributed by atoms with van der Waals surface area (Å²) in [6.45, 7) is 7.49. The van der Waals surface area contributed by atoms with Crippen molar-refractivity contribution in [2.75, 3.05) is 0 Å². The van der Waals surface area contributed by atoms with E-state index < -0.39 is 40.2 Å². The van der Waals surface area contributed by atoms with Gasteiger partial charge in [-0.15, -0.1) is 0 Å². The summed E-state index contributed by atoms with van der Waals surface area (Å²) in [7, 11) is -3.89. The second-order valence-corrected chi connectivity index (χ2v) is 11.3. The fraction of sp³-hybridized carbons (Fsp3) is 0.370. The van der Waals surface area contributed by atoms with Crippen molar-refractivity contribution in [3.8, 4) is 0 Å². The Bertz CT molecular complexity index is 1300. The molecule has 7 heteroatoms. The number of ether oxygens (including phenoxy) is 1. The number of benzene rings is 3. The molecule has 3 aromatic rings. The van der Waals surface area contributed by atoms with Crippen molar-refractivity contribution in [3.63, 3.8) is 0 Å². The van der Waals surface area contributed by atoms with Crippen molar-refractivity contribution >= 4 is 26.8 Å². The molecule has 0 aliphatic heterocycles. The predicted molar refractivity (Wildman–Crippen MR) is 132 cm³/mol. The Kier molecular flexibility index (Phi) is 6.80. The number of carbonyl (C=O) groups is 1. The van der Waals surface area contributed by atoms with Gasteiger partial charge in [-0.1, -0.05) is 67.9 Å². The summed E-state index contributed by atoms with van der Waals surface area (Å²) in [5.74, 6) is -1.06. The molecule has 4 rings (SSSR count). The average molecular weight is 482 g/mol. The first-order chi connectivity index (χ1) is 16.1. The molecule has 0 fully saturated rings. The number of hydrogen-bond donors (Lipinski definition) is 2. The van der Waals surface area contributed by atoms with Crippen LogP contribution in [-0.4, -0.2) is 25.6 Å². The van der Waals surface area contributed by atoms with E-state index in [0.717, 1.165) is 27.5 Å². The zero-order chi connectivity index (χ0) is 24.6. The van der Waals surface area contributed by atoms with Crippen LogP contribution < -0.4 is 4.72 Å². The van der Waals surface area contributed by atoms with Crippen LogP contribution >= 0.6 is 0 Å². The average Bonchev–Trinajstić information content (AvgIpc) is 3.07. The van der Waals surface area contributed by atoms with Crippen LogP contribution in [-0.2, 0) is 19.6 Å². The molecular weight excluding hydrogens is 450 g/mol. The van der Waals surface area contributed by atoms with Crippen LogP contribution in [0.1, 0.15) is 56.0 Å². The molecule has 0 heterocycles. The third-order valence-corrected chi connectivity index (χ3v) is 7.89. The normalized spacial score (nSPS) is 19.4. The molecule has 0 radical (unpaired) electrons. The van der Waals surface area contributed by atoms with Gasteiger partial charge in [0.15, 0.2) is 0 Å². The second-order valence-electron chi connectivity index (χ2n) is 9.55. The van der Waals surface area contributed by atoms with E-state index in [-0.39, 0.29) is 10.8 Å². The zero-order valence-corrected chi connectivity index (χ0v) is 20.7. The summed E-state index contributed by atoms with van der Waals surface area (Å²) in [5.41, 5.74) is 2.47. The molecule has 4 atom stereocenters. The quantitative estimate of drug-likeness (QED) is 0.451. The van der Waals surface area contributed by atoms with Gasteiger partial charge in [-0.2, -0.15) is 4.72 Å². The number of nitrogens with one attached hydrogen (secondary N) is 1. The lowest BCUT2D eigenvalue weighted by Crippen LogP contribution is -2.35. The number of rotatable bonds is 8. The third kappa shape index (κ3) is 4.73. The SMILES string of the molecule is Cc1ccc(S(=O)(=O)N[C@@H]2c3cccc4cccc(c34)[C@@H]2OC(=O)[C@H](C)[C@H](O)CC(C)C)cc1. The number of esters is 1. The Hall–Kier alpha value is -2.74. The molecule has 0 aromatic heterocycles. The van der Waals surface area contributed by atoms with Gasteiger partial charge >= 0.3 is 5.97 Å². The van der Waals surface area contributed by atoms with Crippen LogP contribution in [0.25, 0.3) is 10.8 Å². The smallest absolute Gasteiger partial charge is 0.311 e. The Morgan fingerprint density at radius 1 is 1.00 bits per heavy atom. The highest BCUT2D eigenvalue weighted by Crippen LogP contribution is 2.47. The molecule has 34 heavy (non-hydrogen) atoms. The van der Waals surface area contributed by atoms with Gasteiger partial charge < -0.3 is 9.84 Å². The topological polar surface area (TPSA) is 92.7 Å². The van der Waals surface area contributed by atoms with E-state index in [9.17, 15) is 18.3 Å². The molecule has 0 bridgehead atoms. The maximum absolute atomic E-state index is 13.3. The van der Waals surface area contributed by atoms with Crippen molar-refractivity contribution in [1.82, 2.24) is 4.72 Å². The van der Waals surface area contributed by atoms with E-state index in [0.29, 0.717) is 6.42 Å². The summed E-state index contributed by atoms with van der Waals surface area (Å²) in [6.07, 6.45) is -1.21.